The van der Waals surface area contributed by atoms with Gasteiger partial charge >= 0.3 is 11.9 Å². The minimum Gasteiger partial charge on any atom is -0.478 e. The fraction of sp³-hybridized carbons (Fsp3) is 0.273. The number of esters is 1. The van der Waals surface area contributed by atoms with Crippen molar-refractivity contribution in [3.8, 4) is 5.75 Å². The van der Waals surface area contributed by atoms with Crippen molar-refractivity contribution in [3.05, 3.63) is 29.3 Å². The Labute approximate surface area is 87.5 Å². The zero-order chi connectivity index (χ0) is 11.4. The Morgan fingerprint density at radius 2 is 2.07 bits per heavy atom. The number of hydrogen-bond donors (Lipinski definition) is 1. The van der Waals surface area contributed by atoms with Gasteiger partial charge in [0.15, 0.2) is 0 Å². The lowest BCUT2D eigenvalue weighted by atomic mass is 10.1. The highest BCUT2D eigenvalue weighted by molar-refractivity contribution is 5.90. The number of ether oxygens (including phenoxy) is 1. The summed E-state index contributed by atoms with van der Waals surface area (Å²) in [7, 11) is 0. The van der Waals surface area contributed by atoms with Gasteiger partial charge in [-0.15, -0.1) is 0 Å². The molecule has 0 heterocycles. The van der Waals surface area contributed by atoms with Crippen molar-refractivity contribution in [2.45, 2.75) is 20.3 Å². The second-order valence-electron chi connectivity index (χ2n) is 3.06. The molecule has 0 amide bonds. The van der Waals surface area contributed by atoms with Gasteiger partial charge in [-0.2, -0.15) is 0 Å². The first kappa shape index (κ1) is 11.2. The minimum atomic E-state index is -1.03. The molecule has 0 aromatic heterocycles. The third-order valence-corrected chi connectivity index (χ3v) is 2.03. The summed E-state index contributed by atoms with van der Waals surface area (Å²) in [4.78, 5) is 21.8. The maximum atomic E-state index is 11.0. The van der Waals surface area contributed by atoms with Gasteiger partial charge in [0.2, 0.25) is 0 Å². The van der Waals surface area contributed by atoms with Gasteiger partial charge in [-0.3, -0.25) is 4.79 Å². The lowest BCUT2D eigenvalue weighted by Crippen LogP contribution is -2.08. The number of carboxylic acids is 1. The molecular formula is C11H12O4. The fourth-order valence-electron chi connectivity index (χ4n) is 1.15. The molecule has 0 bridgehead atoms. The van der Waals surface area contributed by atoms with E-state index in [0.717, 1.165) is 0 Å². The van der Waals surface area contributed by atoms with Crippen molar-refractivity contribution in [2.24, 2.45) is 0 Å². The Balaban J connectivity index is 3.04. The molecule has 1 N–H and O–H groups in total. The summed E-state index contributed by atoms with van der Waals surface area (Å²) >= 11 is 0. The van der Waals surface area contributed by atoms with Crippen LogP contribution < -0.4 is 4.74 Å². The molecule has 1 aromatic rings. The van der Waals surface area contributed by atoms with Crippen molar-refractivity contribution in [1.82, 2.24) is 0 Å². The number of carboxylic acid groups (broad SMARTS) is 1. The molecule has 0 saturated heterocycles. The quantitative estimate of drug-likeness (QED) is 0.609. The lowest BCUT2D eigenvalue weighted by Gasteiger charge is -2.08. The summed E-state index contributed by atoms with van der Waals surface area (Å²) < 4.78 is 4.98. The molecule has 4 nitrogen and oxygen atoms in total. The largest absolute Gasteiger partial charge is 0.478 e. The molecule has 0 aliphatic rings. The topological polar surface area (TPSA) is 63.6 Å². The Morgan fingerprint density at radius 3 is 2.60 bits per heavy atom. The number of hydrogen-bond acceptors (Lipinski definition) is 3. The molecule has 1 rings (SSSR count). The van der Waals surface area contributed by atoms with E-state index in [1.54, 1.807) is 26.0 Å². The maximum Gasteiger partial charge on any atom is 0.336 e. The standard InChI is InChI=1S/C11H12O4/c1-3-10(12)15-9-6-4-5-8(7(9)2)11(13)14/h4-6H,3H2,1-2H3,(H,13,14). The third-order valence-electron chi connectivity index (χ3n) is 2.03. The first-order valence-electron chi connectivity index (χ1n) is 4.59. The van der Waals surface area contributed by atoms with Crippen LogP contribution in [0.1, 0.15) is 29.3 Å². The number of benzene rings is 1. The third kappa shape index (κ3) is 2.56. The molecule has 0 unspecified atom stereocenters. The van der Waals surface area contributed by atoms with Gasteiger partial charge in [0, 0.05) is 12.0 Å². The molecule has 0 aliphatic heterocycles. The molecule has 0 radical (unpaired) electrons. The van der Waals surface area contributed by atoms with Crippen molar-refractivity contribution in [1.29, 1.82) is 0 Å². The van der Waals surface area contributed by atoms with E-state index in [4.69, 9.17) is 9.84 Å². The number of carbonyl (C=O) groups excluding carboxylic acids is 1. The second-order valence-corrected chi connectivity index (χ2v) is 3.06. The molecule has 4 heteroatoms. The summed E-state index contributed by atoms with van der Waals surface area (Å²) in [5.74, 6) is -1.09. The molecule has 0 saturated carbocycles. The van der Waals surface area contributed by atoms with Crippen LogP contribution in [0, 0.1) is 6.92 Å². The Hall–Kier alpha value is -1.84. The molecule has 0 fully saturated rings. The summed E-state index contributed by atoms with van der Waals surface area (Å²) in [5, 5.41) is 8.84. The van der Waals surface area contributed by atoms with Crippen molar-refractivity contribution in [2.75, 3.05) is 0 Å². The molecule has 0 spiro atoms. The van der Waals surface area contributed by atoms with Gasteiger partial charge in [-0.25, -0.2) is 4.79 Å². The van der Waals surface area contributed by atoms with Crippen LogP contribution >= 0.6 is 0 Å². The number of aromatic carboxylic acids is 1. The van der Waals surface area contributed by atoms with Gasteiger partial charge < -0.3 is 9.84 Å². The zero-order valence-electron chi connectivity index (χ0n) is 8.61. The zero-order valence-corrected chi connectivity index (χ0v) is 8.61. The van der Waals surface area contributed by atoms with E-state index in [-0.39, 0.29) is 18.0 Å². The Kier molecular flexibility index (Phi) is 3.44. The van der Waals surface area contributed by atoms with E-state index < -0.39 is 5.97 Å². The predicted molar refractivity (Wildman–Crippen MR) is 54.1 cm³/mol. The van der Waals surface area contributed by atoms with Crippen molar-refractivity contribution in [3.63, 3.8) is 0 Å². The van der Waals surface area contributed by atoms with E-state index in [2.05, 4.69) is 0 Å². The van der Waals surface area contributed by atoms with Gasteiger partial charge in [0.1, 0.15) is 5.75 Å². The van der Waals surface area contributed by atoms with Crippen molar-refractivity contribution >= 4 is 11.9 Å². The van der Waals surface area contributed by atoms with E-state index in [1.165, 1.54) is 6.07 Å². The van der Waals surface area contributed by atoms with Crippen LogP contribution in [-0.4, -0.2) is 17.0 Å². The lowest BCUT2D eigenvalue weighted by molar-refractivity contribution is -0.134. The maximum absolute atomic E-state index is 11.0. The molecular weight excluding hydrogens is 196 g/mol. The molecule has 0 atom stereocenters. The van der Waals surface area contributed by atoms with Crippen LogP contribution in [0.4, 0.5) is 0 Å². The van der Waals surface area contributed by atoms with Crippen LogP contribution in [-0.2, 0) is 4.79 Å². The highest BCUT2D eigenvalue weighted by Crippen LogP contribution is 2.21. The second kappa shape index (κ2) is 4.59. The normalized spacial score (nSPS) is 9.73. The average molecular weight is 208 g/mol. The van der Waals surface area contributed by atoms with Crippen LogP contribution in [0.15, 0.2) is 18.2 Å². The van der Waals surface area contributed by atoms with E-state index in [9.17, 15) is 9.59 Å². The minimum absolute atomic E-state index is 0.149. The first-order chi connectivity index (χ1) is 7.06. The predicted octanol–water partition coefficient (Wildman–Crippen LogP) is 2.01. The Bertz CT molecular complexity index is 396. The fourth-order valence-corrected chi connectivity index (χ4v) is 1.15. The summed E-state index contributed by atoms with van der Waals surface area (Å²) in [5.41, 5.74) is 0.614. The average Bonchev–Trinajstić information content (AvgIpc) is 2.20. The van der Waals surface area contributed by atoms with Gasteiger partial charge in [-0.05, 0) is 19.1 Å². The van der Waals surface area contributed by atoms with Gasteiger partial charge in [0.05, 0.1) is 5.56 Å². The SMILES string of the molecule is CCC(=O)Oc1cccc(C(=O)O)c1C. The van der Waals surface area contributed by atoms with Gasteiger partial charge in [0.25, 0.3) is 0 Å². The molecule has 15 heavy (non-hydrogen) atoms. The van der Waals surface area contributed by atoms with Gasteiger partial charge in [-0.1, -0.05) is 13.0 Å². The van der Waals surface area contributed by atoms with Crippen LogP contribution in [0.25, 0.3) is 0 Å². The number of carbonyl (C=O) groups is 2. The van der Waals surface area contributed by atoms with Crippen LogP contribution in [0.2, 0.25) is 0 Å². The molecule has 0 aliphatic carbocycles. The monoisotopic (exact) mass is 208 g/mol. The summed E-state index contributed by atoms with van der Waals surface area (Å²) in [6, 6.07) is 4.60. The highest BCUT2D eigenvalue weighted by Gasteiger charge is 2.12. The summed E-state index contributed by atoms with van der Waals surface area (Å²) in [6.45, 7) is 3.29. The smallest absolute Gasteiger partial charge is 0.336 e. The first-order valence-corrected chi connectivity index (χ1v) is 4.59. The van der Waals surface area contributed by atoms with Crippen molar-refractivity contribution < 1.29 is 19.4 Å². The van der Waals surface area contributed by atoms with E-state index in [0.29, 0.717) is 11.3 Å². The molecule has 80 valence electrons. The highest BCUT2D eigenvalue weighted by atomic mass is 16.5. The molecule has 1 aromatic carbocycles. The van der Waals surface area contributed by atoms with Crippen LogP contribution in [0.5, 0.6) is 5.75 Å². The van der Waals surface area contributed by atoms with Crippen LogP contribution in [0.3, 0.4) is 0 Å². The van der Waals surface area contributed by atoms with E-state index in [1.807, 2.05) is 0 Å². The Morgan fingerprint density at radius 1 is 1.40 bits per heavy atom. The summed E-state index contributed by atoms with van der Waals surface area (Å²) in [6.07, 6.45) is 0.261. The van der Waals surface area contributed by atoms with E-state index >= 15 is 0 Å². The number of rotatable bonds is 3.